The van der Waals surface area contributed by atoms with Crippen LogP contribution < -0.4 is 0 Å². The fourth-order valence-corrected chi connectivity index (χ4v) is 5.60. The molecule has 6 N–H and O–H groups in total. The van der Waals surface area contributed by atoms with E-state index in [4.69, 9.17) is 0 Å². The van der Waals surface area contributed by atoms with E-state index in [0.29, 0.717) is 45.6 Å². The number of rotatable bonds is 5. The van der Waals surface area contributed by atoms with Crippen LogP contribution in [-0.4, -0.2) is 70.5 Å². The molecule has 0 aliphatic carbocycles. The van der Waals surface area contributed by atoms with Crippen LogP contribution in [0.15, 0.2) is 12.1 Å². The number of aldehydes is 2. The Kier molecular flexibility index (Phi) is 8.12. The van der Waals surface area contributed by atoms with Crippen molar-refractivity contribution >= 4 is 61.4 Å². The Morgan fingerprint density at radius 3 is 1.13 bits per heavy atom. The summed E-state index contributed by atoms with van der Waals surface area (Å²) in [5, 5.41) is 66.4. The van der Waals surface area contributed by atoms with Gasteiger partial charge in [0.2, 0.25) is 0 Å². The van der Waals surface area contributed by atoms with Crippen LogP contribution in [0.4, 0.5) is 0 Å². The third-order valence-corrected chi connectivity index (χ3v) is 7.22. The number of hydrogen-bond donors (Lipinski definition) is 6. The van der Waals surface area contributed by atoms with Crippen LogP contribution in [0.5, 0.6) is 34.5 Å². The Hall–Kier alpha value is -3.54. The van der Waals surface area contributed by atoms with Crippen LogP contribution in [0.2, 0.25) is 0 Å². The molecule has 4 rings (SSSR count). The van der Waals surface area contributed by atoms with Crippen molar-refractivity contribution in [3.05, 3.63) is 45.5 Å². The molecule has 0 aliphatic rings. The summed E-state index contributed by atoms with van der Waals surface area (Å²) in [6, 6.07) is 3.31. The summed E-state index contributed by atoms with van der Waals surface area (Å²) < 4.78 is 0. The monoisotopic (exact) mass is 728 g/mol. The maximum absolute atomic E-state index is 12.0. The van der Waals surface area contributed by atoms with Gasteiger partial charge in [-0.25, -0.2) is 0 Å². The summed E-state index contributed by atoms with van der Waals surface area (Å²) in [4.78, 5) is 24.0. The van der Waals surface area contributed by atoms with E-state index in [1.54, 1.807) is 53.7 Å². The number of carbonyl (C=O) groups excluding carboxylic acids is 2. The van der Waals surface area contributed by atoms with E-state index in [1.807, 2.05) is 0 Å². The Morgan fingerprint density at radius 1 is 0.564 bits per heavy atom. The molecule has 204 valence electrons. The fraction of sp³-hybridized carbons (Fsp3) is 0.267. The van der Waals surface area contributed by atoms with Gasteiger partial charge in [0.25, 0.3) is 0 Å². The predicted molar refractivity (Wildman–Crippen MR) is 154 cm³/mol. The van der Waals surface area contributed by atoms with E-state index in [0.717, 1.165) is 0 Å². The zero-order valence-electron chi connectivity index (χ0n) is 22.7. The summed E-state index contributed by atoms with van der Waals surface area (Å²) in [6.07, 6.45) is 0.682. The standard InChI is InChI=1S/C30H30O8.Pb.2H/c1-11(2)19-15-7-13(5)21(27(35)23(15)17(9-31)25(33)29(19)37)22-14(6)8-16-20(12(3)4)30(38)26(34)18(10-32)24(16)28(22)36;;;/h7-12,33-38H,1-6H3;;;. The Labute approximate surface area is 245 Å². The molecule has 0 aliphatic heterocycles. The molecule has 0 saturated heterocycles. The van der Waals surface area contributed by atoms with Gasteiger partial charge in [-0.05, 0) is 47.6 Å². The van der Waals surface area contributed by atoms with Crippen LogP contribution in [0.1, 0.15) is 82.5 Å². The zero-order valence-corrected chi connectivity index (χ0v) is 28.2. The van der Waals surface area contributed by atoms with Crippen molar-refractivity contribution in [2.75, 3.05) is 0 Å². The minimum atomic E-state index is -0.661. The van der Waals surface area contributed by atoms with Crippen LogP contribution >= 0.6 is 0 Å². The first-order valence-electron chi connectivity index (χ1n) is 12.2. The van der Waals surface area contributed by atoms with Gasteiger partial charge in [-0.2, -0.15) is 0 Å². The minimum absolute atomic E-state index is 0. The molecule has 2 radical (unpaired) electrons. The Bertz CT molecular complexity index is 1560. The van der Waals surface area contributed by atoms with Gasteiger partial charge in [0, 0.05) is 33.0 Å². The molecular weight excluding hydrogens is 696 g/mol. The van der Waals surface area contributed by atoms with Crippen LogP contribution in [-0.2, 0) is 0 Å². The third-order valence-electron chi connectivity index (χ3n) is 7.22. The van der Waals surface area contributed by atoms with Gasteiger partial charge in [0.05, 0.1) is 11.1 Å². The van der Waals surface area contributed by atoms with Gasteiger partial charge in [-0.3, -0.25) is 9.59 Å². The van der Waals surface area contributed by atoms with E-state index in [9.17, 15) is 40.2 Å². The molecule has 0 amide bonds. The quantitative estimate of drug-likeness (QED) is 0.0900. The van der Waals surface area contributed by atoms with Crippen molar-refractivity contribution in [3.63, 3.8) is 0 Å². The number of phenols is 6. The molecule has 39 heavy (non-hydrogen) atoms. The van der Waals surface area contributed by atoms with Crippen LogP contribution in [0.3, 0.4) is 0 Å². The summed E-state index contributed by atoms with van der Waals surface area (Å²) in [5.74, 6) is -3.57. The second-order valence-corrected chi connectivity index (χ2v) is 10.3. The predicted octanol–water partition coefficient (Wildman–Crippen LogP) is 5.47. The van der Waals surface area contributed by atoms with Crippen molar-refractivity contribution in [1.82, 2.24) is 0 Å². The second-order valence-electron chi connectivity index (χ2n) is 10.3. The van der Waals surface area contributed by atoms with Crippen molar-refractivity contribution < 1.29 is 40.2 Å². The number of aromatic hydroxyl groups is 6. The van der Waals surface area contributed by atoms with Gasteiger partial charge in [0.1, 0.15) is 11.5 Å². The Morgan fingerprint density at radius 2 is 0.872 bits per heavy atom. The number of phenolic OH excluding ortho intramolecular Hbond substituents is 6. The van der Waals surface area contributed by atoms with Crippen molar-refractivity contribution in [1.29, 1.82) is 0 Å². The van der Waals surface area contributed by atoms with E-state index in [1.165, 1.54) is 0 Å². The molecule has 0 saturated carbocycles. The average molecular weight is 728 g/mol. The zero-order chi connectivity index (χ0) is 28.4. The second kappa shape index (κ2) is 10.6. The topological polar surface area (TPSA) is 156 Å². The normalized spacial score (nSPS) is 11.4. The van der Waals surface area contributed by atoms with Crippen LogP contribution in [0.25, 0.3) is 32.7 Å². The third kappa shape index (κ3) is 4.25. The van der Waals surface area contributed by atoms with Crippen molar-refractivity contribution in [2.45, 2.75) is 53.4 Å². The number of carbonyl (C=O) groups is 2. The van der Waals surface area contributed by atoms with Gasteiger partial charge in [0.15, 0.2) is 35.6 Å². The average Bonchev–Trinajstić information content (AvgIpc) is 2.83. The first kappa shape index (κ1) is 30.0. The van der Waals surface area contributed by atoms with Crippen molar-refractivity contribution in [2.24, 2.45) is 0 Å². The first-order valence-corrected chi connectivity index (χ1v) is 12.2. The molecule has 0 spiro atoms. The van der Waals surface area contributed by atoms with E-state index in [2.05, 4.69) is 0 Å². The number of hydrogen-bond acceptors (Lipinski definition) is 8. The SMILES string of the molecule is Cc1cc2c(C(C)C)c(O)c(O)c(C=O)c2c(O)c1-c1c(C)cc2c(C(C)C)c(O)c(O)c(C=O)c2c1O.[PbH2]. The van der Waals surface area contributed by atoms with Gasteiger partial charge in [-0.15, -0.1) is 0 Å². The van der Waals surface area contributed by atoms with E-state index >= 15 is 0 Å². The molecule has 9 heteroatoms. The summed E-state index contributed by atoms with van der Waals surface area (Å²) in [5.41, 5.74) is 1.33. The number of aryl methyl sites for hydroxylation is 2. The first-order chi connectivity index (χ1) is 17.8. The maximum atomic E-state index is 12.0. The van der Waals surface area contributed by atoms with E-state index in [-0.39, 0.29) is 72.2 Å². The molecule has 4 aromatic carbocycles. The molecule has 8 nitrogen and oxygen atoms in total. The van der Waals surface area contributed by atoms with Crippen molar-refractivity contribution in [3.8, 4) is 45.6 Å². The summed E-state index contributed by atoms with van der Waals surface area (Å²) >= 11 is 0. The molecule has 0 fully saturated rings. The van der Waals surface area contributed by atoms with Gasteiger partial charge >= 0.3 is 27.3 Å². The summed E-state index contributed by atoms with van der Waals surface area (Å²) in [6.45, 7) is 10.5. The molecule has 0 atom stereocenters. The van der Waals surface area contributed by atoms with Gasteiger partial charge in [-0.1, -0.05) is 39.8 Å². The molecule has 0 aromatic heterocycles. The molecule has 0 heterocycles. The number of benzene rings is 4. The Balaban J connectivity index is 0.00000420. The molecular formula is C30H32O8Pb. The molecule has 4 aromatic rings. The molecule has 0 bridgehead atoms. The van der Waals surface area contributed by atoms with Crippen LogP contribution in [0, 0.1) is 13.8 Å². The van der Waals surface area contributed by atoms with Gasteiger partial charge < -0.3 is 30.6 Å². The fourth-order valence-electron chi connectivity index (χ4n) is 5.60. The molecule has 0 unspecified atom stereocenters. The van der Waals surface area contributed by atoms with E-state index < -0.39 is 34.5 Å². The number of fused-ring (bicyclic) bond motifs is 2. The summed E-state index contributed by atoms with van der Waals surface area (Å²) in [7, 11) is 0.